The molecule has 0 aliphatic carbocycles. The SMILES string of the molecule is Cc1ccsc1C(=O)N(CC1CCCCN1)C(C)C. The fraction of sp³-hybridized carbons (Fsp3) is 0.667. The van der Waals surface area contributed by atoms with Gasteiger partial charge in [-0.3, -0.25) is 4.79 Å². The van der Waals surface area contributed by atoms with E-state index in [1.165, 1.54) is 19.3 Å². The van der Waals surface area contributed by atoms with E-state index in [1.54, 1.807) is 11.3 Å². The largest absolute Gasteiger partial charge is 0.334 e. The van der Waals surface area contributed by atoms with Gasteiger partial charge < -0.3 is 10.2 Å². The van der Waals surface area contributed by atoms with Crippen molar-refractivity contribution in [2.75, 3.05) is 13.1 Å². The third kappa shape index (κ3) is 3.57. The molecule has 0 bridgehead atoms. The van der Waals surface area contributed by atoms with Crippen LogP contribution in [0, 0.1) is 6.92 Å². The molecular weight excluding hydrogens is 256 g/mol. The first-order valence-electron chi connectivity index (χ1n) is 7.18. The van der Waals surface area contributed by atoms with E-state index in [0.717, 1.165) is 23.5 Å². The second-order valence-electron chi connectivity index (χ2n) is 5.63. The highest BCUT2D eigenvalue weighted by Gasteiger charge is 2.25. The Morgan fingerprint density at radius 2 is 2.32 bits per heavy atom. The Kier molecular flexibility index (Phi) is 4.99. The van der Waals surface area contributed by atoms with Crippen LogP contribution in [0.1, 0.15) is 48.3 Å². The number of nitrogens with one attached hydrogen (secondary N) is 1. The number of piperidine rings is 1. The molecule has 0 aromatic carbocycles. The van der Waals surface area contributed by atoms with Gasteiger partial charge in [-0.2, -0.15) is 0 Å². The van der Waals surface area contributed by atoms with Crippen molar-refractivity contribution in [3.05, 3.63) is 21.9 Å². The van der Waals surface area contributed by atoms with Crippen LogP contribution in [0.25, 0.3) is 0 Å². The molecule has 2 rings (SSSR count). The smallest absolute Gasteiger partial charge is 0.264 e. The Labute approximate surface area is 120 Å². The van der Waals surface area contributed by atoms with Gasteiger partial charge in [-0.1, -0.05) is 6.42 Å². The number of thiophene rings is 1. The van der Waals surface area contributed by atoms with Crippen molar-refractivity contribution >= 4 is 17.2 Å². The first-order chi connectivity index (χ1) is 9.09. The molecule has 1 saturated heterocycles. The number of hydrogen-bond acceptors (Lipinski definition) is 3. The maximum Gasteiger partial charge on any atom is 0.264 e. The number of rotatable bonds is 4. The van der Waals surface area contributed by atoms with E-state index in [9.17, 15) is 4.79 Å². The molecule has 2 heterocycles. The Morgan fingerprint density at radius 1 is 1.53 bits per heavy atom. The van der Waals surface area contributed by atoms with Crippen LogP contribution in [0.15, 0.2) is 11.4 Å². The number of amides is 1. The Morgan fingerprint density at radius 3 is 2.84 bits per heavy atom. The highest BCUT2D eigenvalue weighted by molar-refractivity contribution is 7.12. The molecule has 1 amide bonds. The molecule has 0 radical (unpaired) electrons. The van der Waals surface area contributed by atoms with Crippen molar-refractivity contribution in [2.24, 2.45) is 0 Å². The summed E-state index contributed by atoms with van der Waals surface area (Å²) in [5.74, 6) is 0.190. The van der Waals surface area contributed by atoms with Crippen LogP contribution >= 0.6 is 11.3 Å². The zero-order valence-electron chi connectivity index (χ0n) is 12.1. The molecule has 1 aromatic rings. The van der Waals surface area contributed by atoms with Gasteiger partial charge in [0.2, 0.25) is 0 Å². The molecule has 1 fully saturated rings. The lowest BCUT2D eigenvalue weighted by atomic mass is 10.0. The molecule has 3 nitrogen and oxygen atoms in total. The molecule has 1 aliphatic rings. The highest BCUT2D eigenvalue weighted by atomic mass is 32.1. The van der Waals surface area contributed by atoms with Crippen molar-refractivity contribution < 1.29 is 4.79 Å². The molecule has 1 atom stereocenters. The second kappa shape index (κ2) is 6.53. The third-order valence-electron chi connectivity index (χ3n) is 3.77. The topological polar surface area (TPSA) is 32.3 Å². The third-order valence-corrected chi connectivity index (χ3v) is 4.77. The molecule has 19 heavy (non-hydrogen) atoms. The number of carbonyl (C=O) groups excluding carboxylic acids is 1. The molecule has 106 valence electrons. The van der Waals surface area contributed by atoms with Crippen LogP contribution in [0.3, 0.4) is 0 Å². The Hall–Kier alpha value is -0.870. The lowest BCUT2D eigenvalue weighted by Crippen LogP contribution is -2.48. The number of nitrogens with zero attached hydrogens (tertiary/aromatic N) is 1. The van der Waals surface area contributed by atoms with Crippen LogP contribution in [0.4, 0.5) is 0 Å². The quantitative estimate of drug-likeness (QED) is 0.919. The fourth-order valence-electron chi connectivity index (χ4n) is 2.57. The van der Waals surface area contributed by atoms with Gasteiger partial charge in [-0.15, -0.1) is 11.3 Å². The summed E-state index contributed by atoms with van der Waals surface area (Å²) in [5, 5.41) is 5.53. The fourth-order valence-corrected chi connectivity index (χ4v) is 3.45. The van der Waals surface area contributed by atoms with E-state index in [-0.39, 0.29) is 11.9 Å². The van der Waals surface area contributed by atoms with Crippen molar-refractivity contribution in [1.29, 1.82) is 0 Å². The lowest BCUT2D eigenvalue weighted by Gasteiger charge is -2.33. The second-order valence-corrected chi connectivity index (χ2v) is 6.55. The van der Waals surface area contributed by atoms with E-state index in [4.69, 9.17) is 0 Å². The van der Waals surface area contributed by atoms with E-state index in [1.807, 2.05) is 23.3 Å². The highest BCUT2D eigenvalue weighted by Crippen LogP contribution is 2.20. The lowest BCUT2D eigenvalue weighted by molar-refractivity contribution is 0.0681. The number of carbonyl (C=O) groups is 1. The predicted molar refractivity (Wildman–Crippen MR) is 80.9 cm³/mol. The standard InChI is InChI=1S/C15H24N2OS/c1-11(2)17(10-13-6-4-5-8-16-13)15(18)14-12(3)7-9-19-14/h7,9,11,13,16H,4-6,8,10H2,1-3H3. The summed E-state index contributed by atoms with van der Waals surface area (Å²) in [4.78, 5) is 15.6. The van der Waals surface area contributed by atoms with Crippen molar-refractivity contribution in [2.45, 2.75) is 52.1 Å². The van der Waals surface area contributed by atoms with Crippen LogP contribution in [-0.2, 0) is 0 Å². The minimum atomic E-state index is 0.190. The van der Waals surface area contributed by atoms with Gasteiger partial charge in [0, 0.05) is 18.6 Å². The normalized spacial score (nSPS) is 19.7. The first kappa shape index (κ1) is 14.5. The monoisotopic (exact) mass is 280 g/mol. The van der Waals surface area contributed by atoms with Gasteiger partial charge in [0.15, 0.2) is 0 Å². The van der Waals surface area contributed by atoms with Crippen molar-refractivity contribution in [3.63, 3.8) is 0 Å². The predicted octanol–water partition coefficient (Wildman–Crippen LogP) is 3.05. The first-order valence-corrected chi connectivity index (χ1v) is 8.06. The molecule has 4 heteroatoms. The summed E-state index contributed by atoms with van der Waals surface area (Å²) < 4.78 is 0. The molecule has 0 saturated carbocycles. The van der Waals surface area contributed by atoms with Gasteiger partial charge in [0.1, 0.15) is 0 Å². The van der Waals surface area contributed by atoms with E-state index in [2.05, 4.69) is 19.2 Å². The molecule has 1 aromatic heterocycles. The molecule has 1 unspecified atom stereocenters. The minimum absolute atomic E-state index is 0.190. The minimum Gasteiger partial charge on any atom is -0.334 e. The zero-order valence-corrected chi connectivity index (χ0v) is 12.9. The summed E-state index contributed by atoms with van der Waals surface area (Å²) in [6.07, 6.45) is 3.71. The van der Waals surface area contributed by atoms with Crippen LogP contribution in [-0.4, -0.2) is 36.0 Å². The van der Waals surface area contributed by atoms with Gasteiger partial charge in [0.05, 0.1) is 4.88 Å². The number of aryl methyl sites for hydroxylation is 1. The average molecular weight is 280 g/mol. The van der Waals surface area contributed by atoms with Gasteiger partial charge in [-0.25, -0.2) is 0 Å². The number of hydrogen-bond donors (Lipinski definition) is 1. The van der Waals surface area contributed by atoms with Gasteiger partial charge in [-0.05, 0) is 57.2 Å². The van der Waals surface area contributed by atoms with Crippen LogP contribution in [0.5, 0.6) is 0 Å². The van der Waals surface area contributed by atoms with Crippen molar-refractivity contribution in [3.8, 4) is 0 Å². The van der Waals surface area contributed by atoms with Gasteiger partial charge in [0.25, 0.3) is 5.91 Å². The molecular formula is C15H24N2OS. The zero-order chi connectivity index (χ0) is 13.8. The summed E-state index contributed by atoms with van der Waals surface area (Å²) in [7, 11) is 0. The van der Waals surface area contributed by atoms with Gasteiger partial charge >= 0.3 is 0 Å². The Balaban J connectivity index is 2.07. The van der Waals surface area contributed by atoms with E-state index >= 15 is 0 Å². The summed E-state index contributed by atoms with van der Waals surface area (Å²) in [6, 6.07) is 2.73. The maximum atomic E-state index is 12.7. The van der Waals surface area contributed by atoms with Crippen molar-refractivity contribution in [1.82, 2.24) is 10.2 Å². The molecule has 1 aliphatic heterocycles. The van der Waals surface area contributed by atoms with E-state index in [0.29, 0.717) is 6.04 Å². The summed E-state index contributed by atoms with van der Waals surface area (Å²) in [6.45, 7) is 8.13. The average Bonchev–Trinajstić information content (AvgIpc) is 2.82. The van der Waals surface area contributed by atoms with Crippen LogP contribution in [0.2, 0.25) is 0 Å². The van der Waals surface area contributed by atoms with E-state index < -0.39 is 0 Å². The summed E-state index contributed by atoms with van der Waals surface area (Å²) >= 11 is 1.55. The Bertz CT molecular complexity index is 422. The maximum absolute atomic E-state index is 12.7. The molecule has 0 spiro atoms. The van der Waals surface area contributed by atoms with Crippen LogP contribution < -0.4 is 5.32 Å². The summed E-state index contributed by atoms with van der Waals surface area (Å²) in [5.41, 5.74) is 1.09. The molecule has 1 N–H and O–H groups in total.